The van der Waals surface area contributed by atoms with E-state index in [2.05, 4.69) is 12.2 Å². The van der Waals surface area contributed by atoms with Crippen LogP contribution in [0.3, 0.4) is 0 Å². The van der Waals surface area contributed by atoms with Crippen LogP contribution in [0.5, 0.6) is 0 Å². The van der Waals surface area contributed by atoms with Gasteiger partial charge in [0.05, 0.1) is 0 Å². The number of aliphatic carboxylic acids is 1. The molecule has 1 amide bonds. The maximum absolute atomic E-state index is 11.6. The van der Waals surface area contributed by atoms with Gasteiger partial charge in [0.1, 0.15) is 6.04 Å². The Morgan fingerprint density at radius 1 is 1.00 bits per heavy atom. The van der Waals surface area contributed by atoms with Crippen LogP contribution in [0.1, 0.15) is 77.6 Å². The van der Waals surface area contributed by atoms with Gasteiger partial charge in [-0.2, -0.15) is 0 Å². The van der Waals surface area contributed by atoms with Gasteiger partial charge in [0.25, 0.3) is 0 Å². The number of aliphatic hydroxyl groups excluding tert-OH is 1. The molecule has 0 aliphatic heterocycles. The lowest BCUT2D eigenvalue weighted by Crippen LogP contribution is -2.40. The molecule has 1 atom stereocenters. The Labute approximate surface area is 140 Å². The predicted molar refractivity (Wildman–Crippen MR) is 92.3 cm³/mol. The van der Waals surface area contributed by atoms with E-state index in [1.54, 1.807) is 6.08 Å². The Morgan fingerprint density at radius 2 is 1.57 bits per heavy atom. The van der Waals surface area contributed by atoms with Crippen molar-refractivity contribution >= 4 is 11.9 Å². The van der Waals surface area contributed by atoms with E-state index in [-0.39, 0.29) is 13.0 Å². The highest BCUT2D eigenvalue weighted by Crippen LogP contribution is 2.10. The van der Waals surface area contributed by atoms with Gasteiger partial charge in [-0.15, -0.1) is 0 Å². The van der Waals surface area contributed by atoms with E-state index >= 15 is 0 Å². The van der Waals surface area contributed by atoms with Gasteiger partial charge >= 0.3 is 5.97 Å². The molecule has 3 N–H and O–H groups in total. The molecule has 134 valence electrons. The quantitative estimate of drug-likeness (QED) is 0.318. The van der Waals surface area contributed by atoms with Gasteiger partial charge in [-0.1, -0.05) is 64.4 Å². The molecule has 0 aromatic carbocycles. The van der Waals surface area contributed by atoms with Crippen molar-refractivity contribution in [2.24, 2.45) is 0 Å². The average molecular weight is 327 g/mol. The second-order valence-electron chi connectivity index (χ2n) is 5.93. The number of carboxylic acids is 1. The molecule has 0 aliphatic rings. The van der Waals surface area contributed by atoms with Gasteiger partial charge in [-0.3, -0.25) is 4.79 Å². The molecule has 0 radical (unpaired) electrons. The molecular formula is C18H33NO4. The van der Waals surface area contributed by atoms with E-state index in [1.165, 1.54) is 57.4 Å². The monoisotopic (exact) mass is 327 g/mol. The number of rotatable bonds is 15. The van der Waals surface area contributed by atoms with Crippen LogP contribution in [0.25, 0.3) is 0 Å². The van der Waals surface area contributed by atoms with Gasteiger partial charge in [0.15, 0.2) is 0 Å². The maximum Gasteiger partial charge on any atom is 0.326 e. The average Bonchev–Trinajstić information content (AvgIpc) is 2.52. The molecule has 5 nitrogen and oxygen atoms in total. The molecule has 0 rings (SSSR count). The lowest BCUT2D eigenvalue weighted by molar-refractivity contribution is -0.141. The zero-order chi connectivity index (χ0) is 17.3. The van der Waals surface area contributed by atoms with Crippen molar-refractivity contribution in [3.63, 3.8) is 0 Å². The van der Waals surface area contributed by atoms with Crippen LogP contribution < -0.4 is 5.32 Å². The number of hydrogen-bond acceptors (Lipinski definition) is 3. The van der Waals surface area contributed by atoms with Crippen LogP contribution >= 0.6 is 0 Å². The van der Waals surface area contributed by atoms with Gasteiger partial charge < -0.3 is 15.5 Å². The SMILES string of the molecule is CCCCCCCCCCCC=CC(=O)N[C@@H](CCO)C(=O)O. The highest BCUT2D eigenvalue weighted by molar-refractivity contribution is 5.91. The second-order valence-corrected chi connectivity index (χ2v) is 5.93. The van der Waals surface area contributed by atoms with Crippen LogP contribution in [0.4, 0.5) is 0 Å². The fraction of sp³-hybridized carbons (Fsp3) is 0.778. The van der Waals surface area contributed by atoms with E-state index in [1.807, 2.05) is 0 Å². The maximum atomic E-state index is 11.6. The van der Waals surface area contributed by atoms with Crippen molar-refractivity contribution < 1.29 is 19.8 Å². The Kier molecular flexibility index (Phi) is 14.6. The number of carboxylic acid groups (broad SMARTS) is 1. The molecule has 0 spiro atoms. The number of hydrogen-bond donors (Lipinski definition) is 3. The van der Waals surface area contributed by atoms with Crippen LogP contribution in [-0.2, 0) is 9.59 Å². The van der Waals surface area contributed by atoms with Crippen LogP contribution in [-0.4, -0.2) is 34.7 Å². The third-order valence-corrected chi connectivity index (χ3v) is 3.78. The summed E-state index contributed by atoms with van der Waals surface area (Å²) in [5, 5.41) is 20.0. The number of amides is 1. The molecule has 23 heavy (non-hydrogen) atoms. The second kappa shape index (κ2) is 15.5. The van der Waals surface area contributed by atoms with E-state index in [0.29, 0.717) is 0 Å². The molecule has 0 unspecified atom stereocenters. The standard InChI is InChI=1S/C18H33NO4/c1-2-3-4-5-6-7-8-9-10-11-12-13-17(21)19-16(14-15-20)18(22)23/h12-13,16,20H,2-11,14-15H2,1H3,(H,19,21)(H,22,23)/t16-/m0/s1. The number of nitrogens with one attached hydrogen (secondary N) is 1. The van der Waals surface area contributed by atoms with E-state index in [4.69, 9.17) is 10.2 Å². The minimum absolute atomic E-state index is 0.0210. The largest absolute Gasteiger partial charge is 0.480 e. The topological polar surface area (TPSA) is 86.6 Å². The zero-order valence-corrected chi connectivity index (χ0v) is 14.4. The highest BCUT2D eigenvalue weighted by Gasteiger charge is 2.17. The summed E-state index contributed by atoms with van der Waals surface area (Å²) >= 11 is 0. The van der Waals surface area contributed by atoms with Crippen molar-refractivity contribution in [3.05, 3.63) is 12.2 Å². The van der Waals surface area contributed by atoms with Crippen molar-refractivity contribution in [2.45, 2.75) is 83.6 Å². The lowest BCUT2D eigenvalue weighted by atomic mass is 10.1. The Balaban J connectivity index is 3.58. The first-order valence-electron chi connectivity index (χ1n) is 8.92. The number of allylic oxidation sites excluding steroid dienone is 1. The first kappa shape index (κ1) is 21.6. The van der Waals surface area contributed by atoms with Crippen LogP contribution in [0.2, 0.25) is 0 Å². The molecule has 0 fully saturated rings. The molecular weight excluding hydrogens is 294 g/mol. The molecule has 5 heteroatoms. The first-order chi connectivity index (χ1) is 11.1. The van der Waals surface area contributed by atoms with E-state index in [0.717, 1.165) is 12.8 Å². The molecule has 0 bridgehead atoms. The first-order valence-corrected chi connectivity index (χ1v) is 8.92. The molecule has 0 aromatic rings. The normalized spacial score (nSPS) is 12.4. The van der Waals surface area contributed by atoms with Crippen LogP contribution in [0, 0.1) is 0 Å². The fourth-order valence-corrected chi connectivity index (χ4v) is 2.37. The number of aliphatic hydroxyl groups is 1. The third kappa shape index (κ3) is 14.0. The molecule has 0 saturated carbocycles. The van der Waals surface area contributed by atoms with Crippen molar-refractivity contribution in [1.29, 1.82) is 0 Å². The van der Waals surface area contributed by atoms with Crippen molar-refractivity contribution in [2.75, 3.05) is 6.61 Å². The molecule has 0 aromatic heterocycles. The summed E-state index contributed by atoms with van der Waals surface area (Å²) in [6.45, 7) is 1.96. The minimum atomic E-state index is -1.13. The summed E-state index contributed by atoms with van der Waals surface area (Å²) in [5.41, 5.74) is 0. The summed E-state index contributed by atoms with van der Waals surface area (Å²) in [7, 11) is 0. The van der Waals surface area contributed by atoms with Gasteiger partial charge in [0.2, 0.25) is 5.91 Å². The Hall–Kier alpha value is -1.36. The number of carbonyl (C=O) groups is 2. The lowest BCUT2D eigenvalue weighted by Gasteiger charge is -2.11. The molecule has 0 heterocycles. The molecule has 0 saturated heterocycles. The van der Waals surface area contributed by atoms with Crippen molar-refractivity contribution in [3.8, 4) is 0 Å². The minimum Gasteiger partial charge on any atom is -0.480 e. The summed E-state index contributed by atoms with van der Waals surface area (Å²) in [6.07, 6.45) is 15.4. The summed E-state index contributed by atoms with van der Waals surface area (Å²) < 4.78 is 0. The number of unbranched alkanes of at least 4 members (excludes halogenated alkanes) is 9. The van der Waals surface area contributed by atoms with E-state index < -0.39 is 17.9 Å². The summed E-state index contributed by atoms with van der Waals surface area (Å²) in [6, 6.07) is -1.02. The van der Waals surface area contributed by atoms with Gasteiger partial charge in [0, 0.05) is 13.0 Å². The zero-order valence-electron chi connectivity index (χ0n) is 14.4. The summed E-state index contributed by atoms with van der Waals surface area (Å²) in [4.78, 5) is 22.4. The smallest absolute Gasteiger partial charge is 0.326 e. The third-order valence-electron chi connectivity index (χ3n) is 3.78. The summed E-state index contributed by atoms with van der Waals surface area (Å²) in [5.74, 6) is -1.54. The van der Waals surface area contributed by atoms with Crippen LogP contribution in [0.15, 0.2) is 12.2 Å². The molecule has 0 aliphatic carbocycles. The van der Waals surface area contributed by atoms with Crippen molar-refractivity contribution in [1.82, 2.24) is 5.32 Å². The van der Waals surface area contributed by atoms with E-state index in [9.17, 15) is 9.59 Å². The van der Waals surface area contributed by atoms with Gasteiger partial charge in [-0.25, -0.2) is 4.79 Å². The Morgan fingerprint density at radius 3 is 2.09 bits per heavy atom. The Bertz CT molecular complexity index is 342. The highest BCUT2D eigenvalue weighted by atomic mass is 16.4. The fourth-order valence-electron chi connectivity index (χ4n) is 2.37. The predicted octanol–water partition coefficient (Wildman–Crippen LogP) is 3.42. The van der Waals surface area contributed by atoms with Gasteiger partial charge in [-0.05, 0) is 18.9 Å². The number of carbonyl (C=O) groups excluding carboxylic acids is 1.